The smallest absolute Gasteiger partial charge is 0.275 e. The van der Waals surface area contributed by atoms with Crippen molar-refractivity contribution < 1.29 is 9.59 Å². The Hall–Kier alpha value is -1.96. The summed E-state index contributed by atoms with van der Waals surface area (Å²) >= 11 is 1.44. The lowest BCUT2D eigenvalue weighted by molar-refractivity contribution is -0.128. The summed E-state index contributed by atoms with van der Waals surface area (Å²) in [6.07, 6.45) is 2.27. The molecule has 3 rings (SSSR count). The first kappa shape index (κ1) is 19.4. The Morgan fingerprint density at radius 1 is 1.32 bits per heavy atom. The largest absolute Gasteiger partial charge is 0.338 e. The van der Waals surface area contributed by atoms with Gasteiger partial charge in [-0.15, -0.1) is 23.7 Å². The highest BCUT2D eigenvalue weighted by Crippen LogP contribution is 2.17. The van der Waals surface area contributed by atoms with Gasteiger partial charge in [-0.25, -0.2) is 4.98 Å². The van der Waals surface area contributed by atoms with E-state index in [2.05, 4.69) is 10.3 Å². The highest BCUT2D eigenvalue weighted by atomic mass is 35.5. The van der Waals surface area contributed by atoms with Crippen molar-refractivity contribution >= 4 is 41.2 Å². The Morgan fingerprint density at radius 2 is 2.08 bits per heavy atom. The topological polar surface area (TPSA) is 88.3 Å². The minimum Gasteiger partial charge on any atom is -0.338 e. The highest BCUT2D eigenvalue weighted by Gasteiger charge is 2.19. The predicted molar refractivity (Wildman–Crippen MR) is 101 cm³/mol. The Bertz CT molecular complexity index is 733. The maximum Gasteiger partial charge on any atom is 0.275 e. The van der Waals surface area contributed by atoms with E-state index >= 15 is 0 Å². The number of rotatable bonds is 6. The molecule has 1 aromatic carbocycles. The minimum atomic E-state index is -0.225. The molecule has 1 aromatic heterocycles. The fourth-order valence-corrected chi connectivity index (χ4v) is 3.43. The minimum absolute atomic E-state index is 0. The number of benzene rings is 1. The molecule has 1 fully saturated rings. The SMILES string of the molecule is Cl.NCCc1nc(C(=O)Nc2ccc(CN3CCCC3=O)cc2)cs1. The van der Waals surface area contributed by atoms with Gasteiger partial charge in [-0.05, 0) is 30.7 Å². The second kappa shape index (κ2) is 8.94. The van der Waals surface area contributed by atoms with Gasteiger partial charge in [0.2, 0.25) is 5.91 Å². The molecule has 134 valence electrons. The normalized spacial score (nSPS) is 13.6. The van der Waals surface area contributed by atoms with E-state index in [1.807, 2.05) is 29.2 Å². The number of aromatic nitrogens is 1. The van der Waals surface area contributed by atoms with Gasteiger partial charge < -0.3 is 16.0 Å². The van der Waals surface area contributed by atoms with E-state index in [0.29, 0.717) is 37.3 Å². The number of carbonyl (C=O) groups excluding carboxylic acids is 2. The van der Waals surface area contributed by atoms with E-state index in [1.54, 1.807) is 5.38 Å². The first-order valence-electron chi connectivity index (χ1n) is 7.98. The third-order valence-corrected chi connectivity index (χ3v) is 4.81. The van der Waals surface area contributed by atoms with Crippen LogP contribution >= 0.6 is 23.7 Å². The number of hydrogen-bond donors (Lipinski definition) is 2. The van der Waals surface area contributed by atoms with Crippen molar-refractivity contribution in [2.45, 2.75) is 25.8 Å². The number of amides is 2. The van der Waals surface area contributed by atoms with Crippen LogP contribution in [0.4, 0.5) is 5.69 Å². The van der Waals surface area contributed by atoms with Crippen molar-refractivity contribution in [3.8, 4) is 0 Å². The van der Waals surface area contributed by atoms with Gasteiger partial charge in [0.05, 0.1) is 5.01 Å². The van der Waals surface area contributed by atoms with Crippen LogP contribution in [-0.4, -0.2) is 34.8 Å². The third-order valence-electron chi connectivity index (χ3n) is 3.90. The molecule has 0 aliphatic carbocycles. The summed E-state index contributed by atoms with van der Waals surface area (Å²) in [5.74, 6) is -0.0128. The maximum atomic E-state index is 12.2. The summed E-state index contributed by atoms with van der Waals surface area (Å²) in [7, 11) is 0. The van der Waals surface area contributed by atoms with E-state index in [-0.39, 0.29) is 24.2 Å². The molecule has 6 nitrogen and oxygen atoms in total. The molecular weight excluding hydrogens is 360 g/mol. The molecule has 1 saturated heterocycles. The first-order valence-corrected chi connectivity index (χ1v) is 8.86. The van der Waals surface area contributed by atoms with Gasteiger partial charge in [0, 0.05) is 37.0 Å². The van der Waals surface area contributed by atoms with E-state index in [9.17, 15) is 9.59 Å². The van der Waals surface area contributed by atoms with Gasteiger partial charge in [-0.1, -0.05) is 12.1 Å². The van der Waals surface area contributed by atoms with Crippen molar-refractivity contribution in [3.63, 3.8) is 0 Å². The summed E-state index contributed by atoms with van der Waals surface area (Å²) < 4.78 is 0. The van der Waals surface area contributed by atoms with Crippen molar-refractivity contribution in [3.05, 3.63) is 45.9 Å². The van der Waals surface area contributed by atoms with Gasteiger partial charge >= 0.3 is 0 Å². The van der Waals surface area contributed by atoms with E-state index in [4.69, 9.17) is 5.73 Å². The Labute approximate surface area is 156 Å². The van der Waals surface area contributed by atoms with Crippen molar-refractivity contribution in [1.29, 1.82) is 0 Å². The Kier molecular flexibility index (Phi) is 6.92. The molecule has 0 saturated carbocycles. The molecule has 8 heteroatoms. The second-order valence-electron chi connectivity index (χ2n) is 5.74. The zero-order chi connectivity index (χ0) is 16.9. The fraction of sp³-hybridized carbons (Fsp3) is 0.353. The molecule has 1 aliphatic heterocycles. The number of carbonyl (C=O) groups is 2. The van der Waals surface area contributed by atoms with Gasteiger partial charge in [-0.2, -0.15) is 0 Å². The Morgan fingerprint density at radius 3 is 2.72 bits per heavy atom. The van der Waals surface area contributed by atoms with Crippen molar-refractivity contribution in [2.24, 2.45) is 5.73 Å². The van der Waals surface area contributed by atoms with Crippen LogP contribution in [0.3, 0.4) is 0 Å². The van der Waals surface area contributed by atoms with Gasteiger partial charge in [0.25, 0.3) is 5.91 Å². The molecule has 25 heavy (non-hydrogen) atoms. The van der Waals surface area contributed by atoms with E-state index in [1.165, 1.54) is 11.3 Å². The number of halogens is 1. The lowest BCUT2D eigenvalue weighted by atomic mass is 10.2. The number of hydrogen-bond acceptors (Lipinski definition) is 5. The summed E-state index contributed by atoms with van der Waals surface area (Å²) in [4.78, 5) is 30.0. The zero-order valence-corrected chi connectivity index (χ0v) is 15.4. The van der Waals surface area contributed by atoms with Crippen LogP contribution in [0.2, 0.25) is 0 Å². The molecule has 0 unspecified atom stereocenters. The predicted octanol–water partition coefficient (Wildman–Crippen LogP) is 2.44. The summed E-state index contributed by atoms with van der Waals surface area (Å²) in [5, 5.41) is 5.45. The summed E-state index contributed by atoms with van der Waals surface area (Å²) in [6.45, 7) is 1.98. The number of nitrogens with one attached hydrogen (secondary N) is 1. The molecule has 2 amide bonds. The number of nitrogens with zero attached hydrogens (tertiary/aromatic N) is 2. The second-order valence-corrected chi connectivity index (χ2v) is 6.68. The van der Waals surface area contributed by atoms with Gasteiger partial charge in [0.1, 0.15) is 5.69 Å². The third kappa shape index (κ3) is 5.01. The van der Waals surface area contributed by atoms with Crippen LogP contribution in [0.15, 0.2) is 29.6 Å². The Balaban J connectivity index is 0.00000225. The molecular formula is C17H21ClN4O2S. The number of anilines is 1. The molecule has 0 bridgehead atoms. The number of thiazole rings is 1. The quantitative estimate of drug-likeness (QED) is 0.805. The van der Waals surface area contributed by atoms with Crippen LogP contribution < -0.4 is 11.1 Å². The average molecular weight is 381 g/mol. The monoisotopic (exact) mass is 380 g/mol. The van der Waals surface area contributed by atoms with E-state index < -0.39 is 0 Å². The maximum absolute atomic E-state index is 12.2. The van der Waals surface area contributed by atoms with Crippen LogP contribution in [0.1, 0.15) is 33.9 Å². The lowest BCUT2D eigenvalue weighted by Crippen LogP contribution is -2.23. The van der Waals surface area contributed by atoms with E-state index in [0.717, 1.165) is 23.5 Å². The van der Waals surface area contributed by atoms with Gasteiger partial charge in [0.15, 0.2) is 0 Å². The fourth-order valence-electron chi connectivity index (χ4n) is 2.63. The molecule has 0 atom stereocenters. The molecule has 0 spiro atoms. The average Bonchev–Trinajstić information content (AvgIpc) is 3.20. The van der Waals surface area contributed by atoms with Crippen molar-refractivity contribution in [1.82, 2.24) is 9.88 Å². The summed E-state index contributed by atoms with van der Waals surface area (Å²) in [5.41, 5.74) is 7.67. The zero-order valence-electron chi connectivity index (χ0n) is 13.7. The molecule has 2 heterocycles. The summed E-state index contributed by atoms with van der Waals surface area (Å²) in [6, 6.07) is 7.56. The molecule has 2 aromatic rings. The van der Waals surface area contributed by atoms with Crippen LogP contribution in [0, 0.1) is 0 Å². The standard InChI is InChI=1S/C17H20N4O2S.ClH/c18-8-7-15-20-14(11-24-15)17(23)19-13-5-3-12(4-6-13)10-21-9-1-2-16(21)22;/h3-6,11H,1-2,7-10,18H2,(H,19,23);1H. The van der Waals surface area contributed by atoms with Crippen LogP contribution in [0.25, 0.3) is 0 Å². The molecule has 0 radical (unpaired) electrons. The number of likely N-dealkylation sites (tertiary alicyclic amines) is 1. The first-order chi connectivity index (χ1) is 11.7. The highest BCUT2D eigenvalue weighted by molar-refractivity contribution is 7.09. The van der Waals surface area contributed by atoms with Crippen LogP contribution in [-0.2, 0) is 17.8 Å². The van der Waals surface area contributed by atoms with Crippen LogP contribution in [0.5, 0.6) is 0 Å². The molecule has 1 aliphatic rings. The van der Waals surface area contributed by atoms with Gasteiger partial charge in [-0.3, -0.25) is 9.59 Å². The lowest BCUT2D eigenvalue weighted by Gasteiger charge is -2.15. The molecule has 3 N–H and O–H groups in total. The van der Waals surface area contributed by atoms with Crippen molar-refractivity contribution in [2.75, 3.05) is 18.4 Å². The number of nitrogens with two attached hydrogens (primary N) is 1.